The maximum Gasteiger partial charge on any atom is 0.269 e. The highest BCUT2D eigenvalue weighted by Gasteiger charge is 2.05. The second-order valence-electron chi connectivity index (χ2n) is 4.02. The van der Waals surface area contributed by atoms with Gasteiger partial charge in [-0.05, 0) is 24.3 Å². The molecule has 0 bridgehead atoms. The summed E-state index contributed by atoms with van der Waals surface area (Å²) in [6, 6.07) is 11.6. The molecule has 0 spiro atoms. The highest BCUT2D eigenvalue weighted by molar-refractivity contribution is 5.48. The van der Waals surface area contributed by atoms with Gasteiger partial charge < -0.3 is 10.1 Å². The van der Waals surface area contributed by atoms with Crippen LogP contribution < -0.4 is 10.1 Å². The number of nitro groups is 2. The number of nitrogens with zero attached hydrogens (tertiary/aromatic N) is 2. The third kappa shape index (κ3) is 3.90. The number of hydrogen-bond acceptors (Lipinski definition) is 6. The van der Waals surface area contributed by atoms with E-state index in [1.54, 1.807) is 12.1 Å². The Morgan fingerprint density at radius 3 is 1.81 bits per heavy atom. The van der Waals surface area contributed by atoms with Crippen molar-refractivity contribution in [2.75, 3.05) is 12.0 Å². The minimum Gasteiger partial charge on any atom is -0.473 e. The predicted molar refractivity (Wildman–Crippen MR) is 75.3 cm³/mol. The van der Waals surface area contributed by atoms with Gasteiger partial charge in [-0.3, -0.25) is 20.2 Å². The molecule has 0 fully saturated rings. The summed E-state index contributed by atoms with van der Waals surface area (Å²) in [5.74, 6) is 0.481. The molecule has 0 amide bonds. The second kappa shape index (κ2) is 6.33. The van der Waals surface area contributed by atoms with Crippen molar-refractivity contribution in [2.24, 2.45) is 0 Å². The fourth-order valence-corrected chi connectivity index (χ4v) is 1.57. The molecule has 21 heavy (non-hydrogen) atoms. The molecule has 8 nitrogen and oxygen atoms in total. The van der Waals surface area contributed by atoms with Crippen molar-refractivity contribution in [3.63, 3.8) is 0 Å². The lowest BCUT2D eigenvalue weighted by atomic mass is 10.3. The Morgan fingerprint density at radius 1 is 0.857 bits per heavy atom. The maximum atomic E-state index is 10.5. The van der Waals surface area contributed by atoms with Crippen LogP contribution in [0.15, 0.2) is 48.5 Å². The van der Waals surface area contributed by atoms with Gasteiger partial charge in [0.25, 0.3) is 11.4 Å². The van der Waals surface area contributed by atoms with E-state index in [1.165, 1.54) is 36.4 Å². The summed E-state index contributed by atoms with van der Waals surface area (Å²) in [6.45, 7) is 0.135. The Hall–Kier alpha value is -3.16. The maximum absolute atomic E-state index is 10.5. The van der Waals surface area contributed by atoms with Crippen molar-refractivity contribution >= 4 is 17.1 Å². The largest absolute Gasteiger partial charge is 0.473 e. The molecule has 2 rings (SSSR count). The summed E-state index contributed by atoms with van der Waals surface area (Å²) in [5.41, 5.74) is 0.671. The molecule has 0 radical (unpaired) electrons. The van der Waals surface area contributed by atoms with Crippen LogP contribution in [0.3, 0.4) is 0 Å². The number of nitro benzene ring substituents is 2. The van der Waals surface area contributed by atoms with Gasteiger partial charge in [0.15, 0.2) is 6.73 Å². The highest BCUT2D eigenvalue weighted by atomic mass is 16.6. The van der Waals surface area contributed by atoms with E-state index in [2.05, 4.69) is 5.32 Å². The summed E-state index contributed by atoms with van der Waals surface area (Å²) in [5, 5.41) is 23.9. The van der Waals surface area contributed by atoms with Gasteiger partial charge in [-0.25, -0.2) is 0 Å². The summed E-state index contributed by atoms with van der Waals surface area (Å²) in [7, 11) is 0. The van der Waals surface area contributed by atoms with E-state index in [0.717, 1.165) is 0 Å². The molecule has 0 saturated carbocycles. The first-order chi connectivity index (χ1) is 10.1. The van der Waals surface area contributed by atoms with Gasteiger partial charge in [0.1, 0.15) is 5.75 Å². The molecule has 0 aliphatic rings. The number of non-ortho nitro benzene ring substituents is 2. The molecular formula is C13H11N3O5. The minimum atomic E-state index is -0.487. The van der Waals surface area contributed by atoms with Crippen molar-refractivity contribution in [1.82, 2.24) is 0 Å². The average Bonchev–Trinajstić information content (AvgIpc) is 2.48. The van der Waals surface area contributed by atoms with Crippen LogP contribution in [-0.2, 0) is 0 Å². The Labute approximate surface area is 119 Å². The van der Waals surface area contributed by atoms with Crippen molar-refractivity contribution in [3.05, 3.63) is 68.8 Å². The van der Waals surface area contributed by atoms with E-state index in [1.807, 2.05) is 0 Å². The smallest absolute Gasteiger partial charge is 0.269 e. The summed E-state index contributed by atoms with van der Waals surface area (Å²) in [4.78, 5) is 20.0. The zero-order chi connectivity index (χ0) is 15.2. The normalized spacial score (nSPS) is 9.90. The second-order valence-corrected chi connectivity index (χ2v) is 4.02. The first-order valence-electron chi connectivity index (χ1n) is 5.92. The molecule has 0 unspecified atom stereocenters. The third-order valence-electron chi connectivity index (χ3n) is 2.64. The van der Waals surface area contributed by atoms with Crippen LogP contribution in [0.2, 0.25) is 0 Å². The Bertz CT molecular complexity index is 582. The number of nitrogens with one attached hydrogen (secondary N) is 1. The van der Waals surface area contributed by atoms with Gasteiger partial charge in [0.2, 0.25) is 0 Å². The van der Waals surface area contributed by atoms with E-state index in [4.69, 9.17) is 4.74 Å². The topological polar surface area (TPSA) is 108 Å². The van der Waals surface area contributed by atoms with E-state index in [-0.39, 0.29) is 18.1 Å². The standard InChI is InChI=1S/C13H11N3O5/c17-15(18)11-3-1-10(2-4-11)14-9-21-13-7-5-12(6-8-13)16(19)20/h1-8,14H,9H2. The van der Waals surface area contributed by atoms with Gasteiger partial charge in [-0.2, -0.15) is 0 Å². The highest BCUT2D eigenvalue weighted by Crippen LogP contribution is 2.18. The minimum absolute atomic E-state index is 0.00863. The molecule has 0 atom stereocenters. The average molecular weight is 289 g/mol. The summed E-state index contributed by atoms with van der Waals surface area (Å²) in [6.07, 6.45) is 0. The van der Waals surface area contributed by atoms with Crippen molar-refractivity contribution < 1.29 is 14.6 Å². The molecule has 8 heteroatoms. The van der Waals surface area contributed by atoms with E-state index in [9.17, 15) is 20.2 Å². The van der Waals surface area contributed by atoms with Crippen LogP contribution in [0.1, 0.15) is 0 Å². The van der Waals surface area contributed by atoms with Gasteiger partial charge in [-0.15, -0.1) is 0 Å². The fraction of sp³-hybridized carbons (Fsp3) is 0.0769. The molecule has 2 aromatic rings. The van der Waals surface area contributed by atoms with Crippen LogP contribution in [0.25, 0.3) is 0 Å². The number of benzene rings is 2. The van der Waals surface area contributed by atoms with Crippen LogP contribution in [0.4, 0.5) is 17.1 Å². The van der Waals surface area contributed by atoms with Crippen LogP contribution >= 0.6 is 0 Å². The fourth-order valence-electron chi connectivity index (χ4n) is 1.57. The molecule has 0 heterocycles. The van der Waals surface area contributed by atoms with E-state index < -0.39 is 9.85 Å². The molecule has 0 aliphatic heterocycles. The van der Waals surface area contributed by atoms with Crippen molar-refractivity contribution in [1.29, 1.82) is 0 Å². The van der Waals surface area contributed by atoms with Gasteiger partial charge in [0, 0.05) is 30.0 Å². The molecule has 0 aromatic heterocycles. The lowest BCUT2D eigenvalue weighted by molar-refractivity contribution is -0.385. The van der Waals surface area contributed by atoms with Gasteiger partial charge in [0.05, 0.1) is 9.85 Å². The van der Waals surface area contributed by atoms with E-state index in [0.29, 0.717) is 11.4 Å². The zero-order valence-electron chi connectivity index (χ0n) is 10.8. The van der Waals surface area contributed by atoms with E-state index >= 15 is 0 Å². The van der Waals surface area contributed by atoms with Gasteiger partial charge in [-0.1, -0.05) is 0 Å². The van der Waals surface area contributed by atoms with Crippen LogP contribution in [0.5, 0.6) is 5.75 Å². The molecule has 0 saturated heterocycles. The Kier molecular flexibility index (Phi) is 4.30. The number of hydrogen-bond donors (Lipinski definition) is 1. The number of anilines is 1. The molecule has 2 aromatic carbocycles. The lowest BCUT2D eigenvalue weighted by Gasteiger charge is -2.08. The molecule has 0 aliphatic carbocycles. The SMILES string of the molecule is O=[N+]([O-])c1ccc(NCOc2ccc([N+](=O)[O-])cc2)cc1. The number of ether oxygens (including phenoxy) is 1. The third-order valence-corrected chi connectivity index (χ3v) is 2.64. The predicted octanol–water partition coefficient (Wildman–Crippen LogP) is 2.95. The molecular weight excluding hydrogens is 278 g/mol. The van der Waals surface area contributed by atoms with Crippen molar-refractivity contribution in [2.45, 2.75) is 0 Å². The van der Waals surface area contributed by atoms with Crippen molar-refractivity contribution in [3.8, 4) is 5.75 Å². The number of rotatable bonds is 6. The Morgan fingerprint density at radius 2 is 1.33 bits per heavy atom. The molecule has 1 N–H and O–H groups in total. The van der Waals surface area contributed by atoms with Crippen LogP contribution in [0, 0.1) is 20.2 Å². The van der Waals surface area contributed by atoms with Crippen LogP contribution in [-0.4, -0.2) is 16.6 Å². The summed E-state index contributed by atoms with van der Waals surface area (Å²) >= 11 is 0. The van der Waals surface area contributed by atoms with Gasteiger partial charge >= 0.3 is 0 Å². The first kappa shape index (κ1) is 14.3. The first-order valence-corrected chi connectivity index (χ1v) is 5.92. The molecule has 108 valence electrons. The summed E-state index contributed by atoms with van der Waals surface area (Å²) < 4.78 is 5.35. The zero-order valence-corrected chi connectivity index (χ0v) is 10.8. The Balaban J connectivity index is 1.86. The quantitative estimate of drug-likeness (QED) is 0.497. The monoisotopic (exact) mass is 289 g/mol. The lowest BCUT2D eigenvalue weighted by Crippen LogP contribution is -2.08.